The van der Waals surface area contributed by atoms with Crippen molar-refractivity contribution in [1.29, 1.82) is 0 Å². The molecule has 1 aliphatic rings. The fourth-order valence-electron chi connectivity index (χ4n) is 2.03. The van der Waals surface area contributed by atoms with E-state index in [0.29, 0.717) is 0 Å². The normalized spacial score (nSPS) is 13.7. The molecule has 1 aromatic carbocycles. The number of anilines is 1. The van der Waals surface area contributed by atoms with Crippen molar-refractivity contribution < 1.29 is 4.52 Å². The fraction of sp³-hybridized carbons (Fsp3) is 0.250. The molecule has 3 nitrogen and oxygen atoms in total. The van der Waals surface area contributed by atoms with Gasteiger partial charge in [-0.3, -0.25) is 0 Å². The molecule has 2 aromatic rings. The number of hydrogen-bond acceptors (Lipinski definition) is 3. The predicted molar refractivity (Wildman–Crippen MR) is 58.9 cm³/mol. The molecule has 0 saturated carbocycles. The van der Waals surface area contributed by atoms with Gasteiger partial charge >= 0.3 is 0 Å². The van der Waals surface area contributed by atoms with E-state index in [-0.39, 0.29) is 0 Å². The topological polar surface area (TPSA) is 38.1 Å². The zero-order chi connectivity index (χ0) is 10.3. The highest BCUT2D eigenvalue weighted by Crippen LogP contribution is 2.33. The number of hydrogen-bond donors (Lipinski definition) is 1. The lowest BCUT2D eigenvalue weighted by Crippen LogP contribution is -1.93. The molecule has 0 saturated heterocycles. The van der Waals surface area contributed by atoms with Crippen LogP contribution in [-0.2, 0) is 6.42 Å². The second kappa shape index (κ2) is 3.12. The maximum atomic E-state index is 5.26. The quantitative estimate of drug-likeness (QED) is 0.769. The lowest BCUT2D eigenvalue weighted by molar-refractivity contribution is 0.436. The fourth-order valence-corrected chi connectivity index (χ4v) is 2.03. The van der Waals surface area contributed by atoms with Crippen molar-refractivity contribution in [2.45, 2.75) is 13.3 Å². The lowest BCUT2D eigenvalue weighted by Gasteiger charge is -2.01. The Morgan fingerprint density at radius 1 is 1.33 bits per heavy atom. The van der Waals surface area contributed by atoms with Crippen molar-refractivity contribution >= 4 is 5.88 Å². The summed E-state index contributed by atoms with van der Waals surface area (Å²) in [5.41, 5.74) is 4.61. The highest BCUT2D eigenvalue weighted by atomic mass is 16.5. The molecule has 0 spiro atoms. The van der Waals surface area contributed by atoms with Crippen LogP contribution >= 0.6 is 0 Å². The SMILES string of the molecule is Cc1ccccc1-c1noc2c1CCN2. The van der Waals surface area contributed by atoms with Crippen molar-refractivity contribution in [3.63, 3.8) is 0 Å². The highest BCUT2D eigenvalue weighted by Gasteiger charge is 2.22. The van der Waals surface area contributed by atoms with Crippen LogP contribution in [0.3, 0.4) is 0 Å². The van der Waals surface area contributed by atoms with Crippen LogP contribution in [0.25, 0.3) is 11.3 Å². The predicted octanol–water partition coefficient (Wildman–Crippen LogP) is 2.62. The second-order valence-corrected chi connectivity index (χ2v) is 3.83. The first-order valence-corrected chi connectivity index (χ1v) is 5.14. The minimum atomic E-state index is 0.841. The van der Waals surface area contributed by atoms with E-state index in [2.05, 4.69) is 29.5 Å². The molecule has 76 valence electrons. The summed E-state index contributed by atoms with van der Waals surface area (Å²) in [6, 6.07) is 8.26. The Balaban J connectivity index is 2.17. The third-order valence-electron chi connectivity index (χ3n) is 2.85. The van der Waals surface area contributed by atoms with Gasteiger partial charge in [0, 0.05) is 17.7 Å². The molecule has 3 rings (SSSR count). The van der Waals surface area contributed by atoms with Gasteiger partial charge in [-0.2, -0.15) is 0 Å². The molecular formula is C12H12N2O. The van der Waals surface area contributed by atoms with Crippen molar-refractivity contribution in [1.82, 2.24) is 5.16 Å². The number of nitrogens with one attached hydrogen (secondary N) is 1. The van der Waals surface area contributed by atoms with Gasteiger partial charge in [-0.1, -0.05) is 29.4 Å². The van der Waals surface area contributed by atoms with E-state index in [1.54, 1.807) is 0 Å². The molecule has 0 bridgehead atoms. The summed E-state index contributed by atoms with van der Waals surface area (Å²) >= 11 is 0. The summed E-state index contributed by atoms with van der Waals surface area (Å²) < 4.78 is 5.26. The number of aromatic nitrogens is 1. The zero-order valence-corrected chi connectivity index (χ0v) is 8.58. The standard InChI is InChI=1S/C12H12N2O/c1-8-4-2-3-5-9(8)11-10-6-7-13-12(10)15-14-11/h2-5,13H,6-7H2,1H3. The Hall–Kier alpha value is -1.77. The molecule has 15 heavy (non-hydrogen) atoms. The molecule has 0 atom stereocenters. The third-order valence-corrected chi connectivity index (χ3v) is 2.85. The number of benzene rings is 1. The van der Waals surface area contributed by atoms with Gasteiger partial charge in [-0.05, 0) is 18.9 Å². The van der Waals surface area contributed by atoms with E-state index in [4.69, 9.17) is 4.52 Å². The van der Waals surface area contributed by atoms with Crippen LogP contribution in [0.2, 0.25) is 0 Å². The van der Waals surface area contributed by atoms with Crippen LogP contribution in [0.15, 0.2) is 28.8 Å². The minimum absolute atomic E-state index is 0.841. The molecule has 1 aromatic heterocycles. The average Bonchev–Trinajstić information content (AvgIpc) is 2.80. The van der Waals surface area contributed by atoms with Gasteiger partial charge < -0.3 is 9.84 Å². The summed E-state index contributed by atoms with van der Waals surface area (Å²) in [6.07, 6.45) is 1.00. The number of nitrogens with zero attached hydrogens (tertiary/aromatic N) is 1. The zero-order valence-electron chi connectivity index (χ0n) is 8.58. The van der Waals surface area contributed by atoms with Crippen molar-refractivity contribution in [2.24, 2.45) is 0 Å². The highest BCUT2D eigenvalue weighted by molar-refractivity contribution is 5.71. The Labute approximate surface area is 88.1 Å². The van der Waals surface area contributed by atoms with Gasteiger partial charge in [0.2, 0.25) is 5.88 Å². The van der Waals surface area contributed by atoms with Crippen LogP contribution in [0.5, 0.6) is 0 Å². The van der Waals surface area contributed by atoms with Gasteiger partial charge in [-0.25, -0.2) is 0 Å². The molecule has 1 N–H and O–H groups in total. The largest absolute Gasteiger partial charge is 0.353 e. The molecule has 3 heteroatoms. The maximum absolute atomic E-state index is 5.26. The number of fused-ring (bicyclic) bond motifs is 1. The third kappa shape index (κ3) is 1.23. The lowest BCUT2D eigenvalue weighted by atomic mass is 10.0. The molecule has 1 aliphatic heterocycles. The van der Waals surface area contributed by atoms with E-state index < -0.39 is 0 Å². The number of rotatable bonds is 1. The molecular weight excluding hydrogens is 188 g/mol. The van der Waals surface area contributed by atoms with Gasteiger partial charge in [0.15, 0.2) is 0 Å². The summed E-state index contributed by atoms with van der Waals surface area (Å²) in [5, 5.41) is 7.31. The first-order valence-electron chi connectivity index (χ1n) is 5.14. The Morgan fingerprint density at radius 3 is 3.07 bits per heavy atom. The van der Waals surface area contributed by atoms with Gasteiger partial charge in [-0.15, -0.1) is 0 Å². The van der Waals surface area contributed by atoms with Gasteiger partial charge in [0.1, 0.15) is 5.69 Å². The van der Waals surface area contributed by atoms with E-state index >= 15 is 0 Å². The van der Waals surface area contributed by atoms with Crippen LogP contribution in [-0.4, -0.2) is 11.7 Å². The van der Waals surface area contributed by atoms with Crippen LogP contribution in [0.1, 0.15) is 11.1 Å². The molecule has 0 amide bonds. The first-order chi connectivity index (χ1) is 7.36. The summed E-state index contributed by atoms with van der Waals surface area (Å²) in [4.78, 5) is 0. The molecule has 0 radical (unpaired) electrons. The monoisotopic (exact) mass is 200 g/mol. The molecule has 0 aliphatic carbocycles. The summed E-state index contributed by atoms with van der Waals surface area (Å²) in [6.45, 7) is 3.05. The Bertz CT molecular complexity index is 502. The second-order valence-electron chi connectivity index (χ2n) is 3.83. The van der Waals surface area contributed by atoms with Gasteiger partial charge in [0.05, 0.1) is 0 Å². The van der Waals surface area contributed by atoms with E-state index in [1.165, 1.54) is 16.7 Å². The van der Waals surface area contributed by atoms with Crippen LogP contribution in [0, 0.1) is 6.92 Å². The smallest absolute Gasteiger partial charge is 0.228 e. The molecule has 0 unspecified atom stereocenters. The Kier molecular flexibility index (Phi) is 1.78. The summed E-state index contributed by atoms with van der Waals surface area (Å²) in [5.74, 6) is 0.841. The average molecular weight is 200 g/mol. The minimum Gasteiger partial charge on any atom is -0.353 e. The number of aryl methyl sites for hydroxylation is 1. The Morgan fingerprint density at radius 2 is 2.20 bits per heavy atom. The van der Waals surface area contributed by atoms with E-state index in [1.807, 2.05) is 12.1 Å². The van der Waals surface area contributed by atoms with Crippen LogP contribution in [0.4, 0.5) is 5.88 Å². The van der Waals surface area contributed by atoms with Crippen LogP contribution < -0.4 is 5.32 Å². The van der Waals surface area contributed by atoms with Crippen molar-refractivity contribution in [3.05, 3.63) is 35.4 Å². The molecule has 0 fully saturated rings. The van der Waals surface area contributed by atoms with Crippen molar-refractivity contribution in [2.75, 3.05) is 11.9 Å². The first kappa shape index (κ1) is 8.53. The van der Waals surface area contributed by atoms with E-state index in [9.17, 15) is 0 Å². The summed E-state index contributed by atoms with van der Waals surface area (Å²) in [7, 11) is 0. The van der Waals surface area contributed by atoms with Crippen molar-refractivity contribution in [3.8, 4) is 11.3 Å². The maximum Gasteiger partial charge on any atom is 0.228 e. The van der Waals surface area contributed by atoms with E-state index in [0.717, 1.165) is 24.5 Å². The van der Waals surface area contributed by atoms with Gasteiger partial charge in [0.25, 0.3) is 0 Å². The molecule has 2 heterocycles.